The summed E-state index contributed by atoms with van der Waals surface area (Å²) in [5.74, 6) is 2.23. The van der Waals surface area contributed by atoms with E-state index in [1.807, 2.05) is 61.7 Å². The molecule has 0 atom stereocenters. The average molecular weight is 335 g/mol. The molecule has 2 N–H and O–H groups in total. The number of hydrogen-bond acceptors (Lipinski definition) is 6. The predicted octanol–water partition coefficient (Wildman–Crippen LogP) is 3.28. The SMILES string of the molecule is Cc1cc(NCCOc2ccccc2)nc(NCc2cccnc2)n1. The van der Waals surface area contributed by atoms with Gasteiger partial charge in [0.05, 0.1) is 6.54 Å². The molecular weight excluding hydrogens is 314 g/mol. The zero-order valence-corrected chi connectivity index (χ0v) is 14.1. The lowest BCUT2D eigenvalue weighted by atomic mass is 10.3. The third-order valence-electron chi connectivity index (χ3n) is 3.45. The van der Waals surface area contributed by atoms with Crippen LogP contribution in [0.15, 0.2) is 60.9 Å². The van der Waals surface area contributed by atoms with Crippen molar-refractivity contribution in [3.63, 3.8) is 0 Å². The van der Waals surface area contributed by atoms with E-state index in [4.69, 9.17) is 4.74 Å². The van der Waals surface area contributed by atoms with Crippen LogP contribution in [0.3, 0.4) is 0 Å². The second-order valence-electron chi connectivity index (χ2n) is 5.52. The maximum Gasteiger partial charge on any atom is 0.225 e. The highest BCUT2D eigenvalue weighted by atomic mass is 16.5. The van der Waals surface area contributed by atoms with Crippen molar-refractivity contribution in [2.75, 3.05) is 23.8 Å². The van der Waals surface area contributed by atoms with Crippen LogP contribution >= 0.6 is 0 Å². The van der Waals surface area contributed by atoms with Crippen LogP contribution < -0.4 is 15.4 Å². The first-order valence-electron chi connectivity index (χ1n) is 8.20. The van der Waals surface area contributed by atoms with E-state index in [2.05, 4.69) is 25.6 Å². The Kier molecular flexibility index (Phi) is 5.77. The molecule has 0 unspecified atom stereocenters. The maximum absolute atomic E-state index is 5.67. The standard InChI is InChI=1S/C19H21N5O/c1-15-12-18(21-10-11-25-17-7-3-2-4-8-17)24-19(23-15)22-14-16-6-5-9-20-13-16/h2-9,12-13H,10-11,14H2,1H3,(H2,21,22,23,24). The largest absolute Gasteiger partial charge is 0.492 e. The zero-order chi connectivity index (χ0) is 17.3. The van der Waals surface area contributed by atoms with Gasteiger partial charge in [0.2, 0.25) is 5.95 Å². The summed E-state index contributed by atoms with van der Waals surface area (Å²) < 4.78 is 5.67. The Hall–Kier alpha value is -3.15. The number of benzene rings is 1. The molecular formula is C19H21N5O. The highest BCUT2D eigenvalue weighted by Gasteiger charge is 2.02. The van der Waals surface area contributed by atoms with Gasteiger partial charge in [-0.15, -0.1) is 0 Å². The molecule has 1 aromatic carbocycles. The number of nitrogens with one attached hydrogen (secondary N) is 2. The molecule has 6 nitrogen and oxygen atoms in total. The van der Waals surface area contributed by atoms with E-state index in [0.29, 0.717) is 25.6 Å². The highest BCUT2D eigenvalue weighted by Crippen LogP contribution is 2.11. The Morgan fingerprint density at radius 1 is 1.00 bits per heavy atom. The predicted molar refractivity (Wildman–Crippen MR) is 98.8 cm³/mol. The number of rotatable bonds is 8. The molecule has 25 heavy (non-hydrogen) atoms. The normalized spacial score (nSPS) is 10.3. The fourth-order valence-electron chi connectivity index (χ4n) is 2.29. The Morgan fingerprint density at radius 2 is 1.88 bits per heavy atom. The second-order valence-corrected chi connectivity index (χ2v) is 5.52. The lowest BCUT2D eigenvalue weighted by Gasteiger charge is -2.11. The van der Waals surface area contributed by atoms with Gasteiger partial charge in [-0.1, -0.05) is 24.3 Å². The van der Waals surface area contributed by atoms with Gasteiger partial charge in [0.25, 0.3) is 0 Å². The van der Waals surface area contributed by atoms with E-state index in [0.717, 1.165) is 22.8 Å². The molecule has 3 rings (SSSR count). The molecule has 0 amide bonds. The first-order chi connectivity index (χ1) is 12.3. The van der Waals surface area contributed by atoms with Crippen LogP contribution in [0.1, 0.15) is 11.3 Å². The molecule has 0 radical (unpaired) electrons. The summed E-state index contributed by atoms with van der Waals surface area (Å²) >= 11 is 0. The lowest BCUT2D eigenvalue weighted by molar-refractivity contribution is 0.333. The molecule has 0 fully saturated rings. The number of aromatic nitrogens is 3. The van der Waals surface area contributed by atoms with Crippen molar-refractivity contribution < 1.29 is 4.74 Å². The second kappa shape index (κ2) is 8.63. The van der Waals surface area contributed by atoms with E-state index in [9.17, 15) is 0 Å². The van der Waals surface area contributed by atoms with Crippen LogP contribution in [0, 0.1) is 6.92 Å². The number of ether oxygens (including phenoxy) is 1. The van der Waals surface area contributed by atoms with Crippen LogP contribution in [0.5, 0.6) is 5.75 Å². The highest BCUT2D eigenvalue weighted by molar-refractivity contribution is 5.42. The summed E-state index contributed by atoms with van der Waals surface area (Å²) in [6, 6.07) is 15.6. The summed E-state index contributed by atoms with van der Waals surface area (Å²) in [6.45, 7) is 3.80. The molecule has 2 heterocycles. The smallest absolute Gasteiger partial charge is 0.225 e. The molecule has 0 aliphatic rings. The van der Waals surface area contributed by atoms with Gasteiger partial charge in [0.15, 0.2) is 0 Å². The van der Waals surface area contributed by atoms with Crippen LogP contribution in [0.25, 0.3) is 0 Å². The van der Waals surface area contributed by atoms with Gasteiger partial charge >= 0.3 is 0 Å². The Labute approximate surface area is 147 Å². The van der Waals surface area contributed by atoms with Gasteiger partial charge < -0.3 is 15.4 Å². The summed E-state index contributed by atoms with van der Waals surface area (Å²) in [6.07, 6.45) is 3.58. The zero-order valence-electron chi connectivity index (χ0n) is 14.1. The molecule has 0 spiro atoms. The Balaban J connectivity index is 1.50. The monoisotopic (exact) mass is 335 g/mol. The molecule has 0 saturated heterocycles. The molecule has 2 aromatic heterocycles. The van der Waals surface area contributed by atoms with Crippen molar-refractivity contribution in [3.05, 3.63) is 72.2 Å². The summed E-state index contributed by atoms with van der Waals surface area (Å²) in [4.78, 5) is 13.0. The topological polar surface area (TPSA) is 72.0 Å². The molecule has 0 aliphatic heterocycles. The molecule has 6 heteroatoms. The number of aryl methyl sites for hydroxylation is 1. The van der Waals surface area contributed by atoms with Gasteiger partial charge in [0, 0.05) is 30.7 Å². The van der Waals surface area contributed by atoms with Gasteiger partial charge in [-0.25, -0.2) is 4.98 Å². The molecule has 0 aliphatic carbocycles. The van der Waals surface area contributed by atoms with E-state index >= 15 is 0 Å². The number of anilines is 2. The van der Waals surface area contributed by atoms with Crippen LogP contribution in [-0.4, -0.2) is 28.1 Å². The van der Waals surface area contributed by atoms with Crippen molar-refractivity contribution in [3.8, 4) is 5.75 Å². The molecule has 0 bridgehead atoms. The van der Waals surface area contributed by atoms with Crippen LogP contribution in [0.2, 0.25) is 0 Å². The van der Waals surface area contributed by atoms with Crippen LogP contribution in [-0.2, 0) is 6.54 Å². The minimum atomic E-state index is 0.561. The summed E-state index contributed by atoms with van der Waals surface area (Å²) in [5.41, 5.74) is 1.98. The third-order valence-corrected chi connectivity index (χ3v) is 3.45. The van der Waals surface area contributed by atoms with E-state index in [-0.39, 0.29) is 0 Å². The molecule has 0 saturated carbocycles. The fraction of sp³-hybridized carbons (Fsp3) is 0.211. The van der Waals surface area contributed by atoms with Crippen LogP contribution in [0.4, 0.5) is 11.8 Å². The Bertz CT molecular complexity index is 780. The summed E-state index contributed by atoms with van der Waals surface area (Å²) in [7, 11) is 0. The Morgan fingerprint density at radius 3 is 2.68 bits per heavy atom. The van der Waals surface area contributed by atoms with Crippen molar-refractivity contribution in [2.45, 2.75) is 13.5 Å². The summed E-state index contributed by atoms with van der Waals surface area (Å²) in [5, 5.41) is 6.49. The first kappa shape index (κ1) is 16.7. The molecule has 128 valence electrons. The van der Waals surface area contributed by atoms with Crippen molar-refractivity contribution in [2.24, 2.45) is 0 Å². The number of para-hydroxylation sites is 1. The average Bonchev–Trinajstić information content (AvgIpc) is 2.65. The number of hydrogen-bond donors (Lipinski definition) is 2. The van der Waals surface area contributed by atoms with Crippen molar-refractivity contribution in [1.29, 1.82) is 0 Å². The lowest BCUT2D eigenvalue weighted by Crippen LogP contribution is -2.14. The van der Waals surface area contributed by atoms with E-state index in [1.54, 1.807) is 6.20 Å². The molecule has 3 aromatic rings. The minimum absolute atomic E-state index is 0.561. The van der Waals surface area contributed by atoms with Gasteiger partial charge in [-0.3, -0.25) is 4.98 Å². The van der Waals surface area contributed by atoms with Gasteiger partial charge in [-0.05, 0) is 30.7 Å². The maximum atomic E-state index is 5.67. The first-order valence-corrected chi connectivity index (χ1v) is 8.20. The van der Waals surface area contributed by atoms with E-state index in [1.165, 1.54) is 0 Å². The number of pyridine rings is 1. The van der Waals surface area contributed by atoms with Crippen molar-refractivity contribution in [1.82, 2.24) is 15.0 Å². The van der Waals surface area contributed by atoms with Gasteiger partial charge in [-0.2, -0.15) is 4.98 Å². The van der Waals surface area contributed by atoms with E-state index < -0.39 is 0 Å². The van der Waals surface area contributed by atoms with Gasteiger partial charge in [0.1, 0.15) is 18.2 Å². The quantitative estimate of drug-likeness (QED) is 0.616. The fourth-order valence-corrected chi connectivity index (χ4v) is 2.29. The third kappa shape index (κ3) is 5.46. The number of nitrogens with zero attached hydrogens (tertiary/aromatic N) is 3. The van der Waals surface area contributed by atoms with Crippen molar-refractivity contribution >= 4 is 11.8 Å². The minimum Gasteiger partial charge on any atom is -0.492 e.